The molecule has 1 atom stereocenters. The Bertz CT molecular complexity index is 701. The molecule has 0 radical (unpaired) electrons. The first-order chi connectivity index (χ1) is 11.5. The Morgan fingerprint density at radius 1 is 1.25 bits per heavy atom. The summed E-state index contributed by atoms with van der Waals surface area (Å²) in [4.78, 5) is 20.7. The number of ether oxygens (including phenoxy) is 1. The van der Waals surface area contributed by atoms with Crippen molar-refractivity contribution < 1.29 is 9.53 Å². The van der Waals surface area contributed by atoms with Crippen molar-refractivity contribution in [2.75, 3.05) is 38.7 Å². The number of hydrogen-bond acceptors (Lipinski definition) is 4. The summed E-state index contributed by atoms with van der Waals surface area (Å²) >= 11 is 5.93. The smallest absolute Gasteiger partial charge is 0.255 e. The highest BCUT2D eigenvalue weighted by Crippen LogP contribution is 2.24. The van der Waals surface area contributed by atoms with Crippen molar-refractivity contribution in [1.82, 2.24) is 9.88 Å². The lowest BCUT2D eigenvalue weighted by Crippen LogP contribution is -2.42. The quantitative estimate of drug-likeness (QED) is 0.858. The number of rotatable bonds is 3. The standard InChI is InChI=1S/C18H20ClN3O2/c1-21(2)17-8-5-14(11-20-17)18(23)22-9-10-24-16(12-22)13-3-6-15(19)7-4-13/h3-8,11,16H,9-10,12H2,1-2H3/t16-/m0/s1. The number of hydrogen-bond donors (Lipinski definition) is 0. The normalized spacial score (nSPS) is 17.6. The first-order valence-corrected chi connectivity index (χ1v) is 8.22. The second kappa shape index (κ2) is 7.20. The van der Waals surface area contributed by atoms with Gasteiger partial charge in [0.25, 0.3) is 5.91 Å². The molecule has 1 aliphatic rings. The van der Waals surface area contributed by atoms with Gasteiger partial charge in [-0.05, 0) is 29.8 Å². The summed E-state index contributed by atoms with van der Waals surface area (Å²) in [7, 11) is 3.84. The van der Waals surface area contributed by atoms with E-state index >= 15 is 0 Å². The molecule has 0 unspecified atom stereocenters. The van der Waals surface area contributed by atoms with Gasteiger partial charge in [-0.25, -0.2) is 4.98 Å². The van der Waals surface area contributed by atoms with Crippen molar-refractivity contribution >= 4 is 23.3 Å². The van der Waals surface area contributed by atoms with Crippen molar-refractivity contribution in [1.29, 1.82) is 0 Å². The minimum absolute atomic E-state index is 0.0185. The van der Waals surface area contributed by atoms with Crippen molar-refractivity contribution in [2.24, 2.45) is 0 Å². The molecular formula is C18H20ClN3O2. The van der Waals surface area contributed by atoms with E-state index < -0.39 is 0 Å². The van der Waals surface area contributed by atoms with E-state index in [1.54, 1.807) is 6.20 Å². The van der Waals surface area contributed by atoms with Gasteiger partial charge < -0.3 is 14.5 Å². The second-order valence-electron chi connectivity index (χ2n) is 5.96. The summed E-state index contributed by atoms with van der Waals surface area (Å²) in [6.45, 7) is 1.62. The van der Waals surface area contributed by atoms with E-state index in [2.05, 4.69) is 4.98 Å². The van der Waals surface area contributed by atoms with Crippen molar-refractivity contribution in [2.45, 2.75) is 6.10 Å². The topological polar surface area (TPSA) is 45.7 Å². The van der Waals surface area contributed by atoms with Gasteiger partial charge in [0.15, 0.2) is 0 Å². The van der Waals surface area contributed by atoms with E-state index in [0.717, 1.165) is 11.4 Å². The van der Waals surface area contributed by atoms with Gasteiger partial charge in [0.1, 0.15) is 11.9 Å². The van der Waals surface area contributed by atoms with Crippen LogP contribution in [0, 0.1) is 0 Å². The molecule has 0 N–H and O–H groups in total. The maximum Gasteiger partial charge on any atom is 0.255 e. The molecular weight excluding hydrogens is 326 g/mol. The highest BCUT2D eigenvalue weighted by molar-refractivity contribution is 6.30. The number of carbonyl (C=O) groups is 1. The van der Waals surface area contributed by atoms with Crippen LogP contribution in [0.25, 0.3) is 0 Å². The van der Waals surface area contributed by atoms with Crippen LogP contribution >= 0.6 is 11.6 Å². The summed E-state index contributed by atoms with van der Waals surface area (Å²) in [6.07, 6.45) is 1.50. The molecule has 1 saturated heterocycles. The lowest BCUT2D eigenvalue weighted by Gasteiger charge is -2.33. The van der Waals surface area contributed by atoms with Crippen LogP contribution in [0.5, 0.6) is 0 Å². The molecule has 1 aliphatic heterocycles. The zero-order valence-corrected chi connectivity index (χ0v) is 14.5. The molecule has 3 rings (SSSR count). The number of aromatic nitrogens is 1. The van der Waals surface area contributed by atoms with Crippen LogP contribution in [0.15, 0.2) is 42.6 Å². The van der Waals surface area contributed by atoms with E-state index in [1.807, 2.05) is 60.3 Å². The SMILES string of the molecule is CN(C)c1ccc(C(=O)N2CCO[C@H](c3ccc(Cl)cc3)C2)cn1. The number of amides is 1. The molecule has 126 valence electrons. The largest absolute Gasteiger partial charge is 0.370 e. The Balaban J connectivity index is 1.71. The Hall–Kier alpha value is -2.11. The zero-order valence-electron chi connectivity index (χ0n) is 13.8. The highest BCUT2D eigenvalue weighted by atomic mass is 35.5. The fourth-order valence-electron chi connectivity index (χ4n) is 2.67. The second-order valence-corrected chi connectivity index (χ2v) is 6.40. The van der Waals surface area contributed by atoms with E-state index in [-0.39, 0.29) is 12.0 Å². The van der Waals surface area contributed by atoms with Crippen molar-refractivity contribution in [3.8, 4) is 0 Å². The van der Waals surface area contributed by atoms with E-state index in [9.17, 15) is 4.79 Å². The van der Waals surface area contributed by atoms with Gasteiger partial charge in [0, 0.05) is 31.9 Å². The molecule has 2 heterocycles. The van der Waals surface area contributed by atoms with Gasteiger partial charge in [-0.3, -0.25) is 4.79 Å². The molecule has 1 aromatic heterocycles. The molecule has 2 aromatic rings. The first-order valence-electron chi connectivity index (χ1n) is 7.84. The predicted molar refractivity (Wildman–Crippen MR) is 94.6 cm³/mol. The minimum atomic E-state index is -0.131. The Morgan fingerprint density at radius 2 is 2.00 bits per heavy atom. The van der Waals surface area contributed by atoms with E-state index in [4.69, 9.17) is 16.3 Å². The van der Waals surface area contributed by atoms with Gasteiger partial charge >= 0.3 is 0 Å². The summed E-state index contributed by atoms with van der Waals surface area (Å²) in [5.74, 6) is 0.808. The number of carbonyl (C=O) groups excluding carboxylic acids is 1. The molecule has 6 heteroatoms. The third kappa shape index (κ3) is 3.68. The minimum Gasteiger partial charge on any atom is -0.370 e. The van der Waals surface area contributed by atoms with Crippen LogP contribution in [0.2, 0.25) is 5.02 Å². The molecule has 1 aromatic carbocycles. The molecule has 0 aliphatic carbocycles. The van der Waals surface area contributed by atoms with Crippen LogP contribution in [0.3, 0.4) is 0 Å². The van der Waals surface area contributed by atoms with Crippen molar-refractivity contribution in [3.05, 3.63) is 58.7 Å². The summed E-state index contributed by atoms with van der Waals surface area (Å²) in [5, 5.41) is 0.689. The first kappa shape index (κ1) is 16.7. The third-order valence-electron chi connectivity index (χ3n) is 4.05. The van der Waals surface area contributed by atoms with Crippen LogP contribution in [-0.4, -0.2) is 49.6 Å². The summed E-state index contributed by atoms with van der Waals surface area (Å²) in [6, 6.07) is 11.2. The summed E-state index contributed by atoms with van der Waals surface area (Å²) in [5.41, 5.74) is 1.62. The average molecular weight is 346 g/mol. The number of pyridine rings is 1. The molecule has 24 heavy (non-hydrogen) atoms. The maximum atomic E-state index is 12.7. The molecule has 1 amide bonds. The number of nitrogens with zero attached hydrogens (tertiary/aromatic N) is 3. The number of anilines is 1. The van der Waals surface area contributed by atoms with Crippen LogP contribution in [0.4, 0.5) is 5.82 Å². The van der Waals surface area contributed by atoms with Crippen LogP contribution in [-0.2, 0) is 4.74 Å². The molecule has 0 spiro atoms. The fourth-order valence-corrected chi connectivity index (χ4v) is 2.80. The van der Waals surface area contributed by atoms with Gasteiger partial charge in [0.2, 0.25) is 0 Å². The molecule has 0 bridgehead atoms. The maximum absolute atomic E-state index is 12.7. The third-order valence-corrected chi connectivity index (χ3v) is 4.30. The van der Waals surface area contributed by atoms with E-state index in [1.165, 1.54) is 0 Å². The van der Waals surface area contributed by atoms with Gasteiger partial charge in [-0.1, -0.05) is 23.7 Å². The Labute approximate surface area is 146 Å². The lowest BCUT2D eigenvalue weighted by molar-refractivity contribution is -0.0228. The van der Waals surface area contributed by atoms with Crippen molar-refractivity contribution in [3.63, 3.8) is 0 Å². The van der Waals surface area contributed by atoms with Gasteiger partial charge in [-0.2, -0.15) is 0 Å². The Morgan fingerprint density at radius 3 is 2.62 bits per heavy atom. The fraction of sp³-hybridized carbons (Fsp3) is 0.333. The monoisotopic (exact) mass is 345 g/mol. The van der Waals surface area contributed by atoms with Crippen LogP contribution in [0.1, 0.15) is 22.0 Å². The number of morpholine rings is 1. The van der Waals surface area contributed by atoms with E-state index in [0.29, 0.717) is 30.3 Å². The lowest BCUT2D eigenvalue weighted by atomic mass is 10.1. The molecule has 5 nitrogen and oxygen atoms in total. The van der Waals surface area contributed by atoms with Gasteiger partial charge in [-0.15, -0.1) is 0 Å². The number of benzene rings is 1. The molecule has 0 saturated carbocycles. The highest BCUT2D eigenvalue weighted by Gasteiger charge is 2.26. The summed E-state index contributed by atoms with van der Waals surface area (Å²) < 4.78 is 5.81. The average Bonchev–Trinajstić information content (AvgIpc) is 2.62. The van der Waals surface area contributed by atoms with Crippen LogP contribution < -0.4 is 4.90 Å². The Kier molecular flexibility index (Phi) is 5.02. The van der Waals surface area contributed by atoms with Gasteiger partial charge in [0.05, 0.1) is 18.7 Å². The zero-order chi connectivity index (χ0) is 17.1. The molecule has 1 fully saturated rings. The number of halogens is 1. The predicted octanol–water partition coefficient (Wildman–Crippen LogP) is 3.01.